The summed E-state index contributed by atoms with van der Waals surface area (Å²) < 4.78 is 68.3. The summed E-state index contributed by atoms with van der Waals surface area (Å²) in [7, 11) is -9.91. The molecule has 0 aliphatic rings. The highest BCUT2D eigenvalue weighted by Gasteiger charge is 2.30. The maximum absolute atomic E-state index is 13.0. The zero-order valence-electron chi connectivity index (χ0n) is 59.5. The molecule has 0 saturated carbocycles. The molecule has 3 N–H and O–H groups in total. The molecular weight excluding hydrogens is 1200 g/mol. The van der Waals surface area contributed by atoms with Gasteiger partial charge in [-0.25, -0.2) is 9.13 Å². The lowest BCUT2D eigenvalue weighted by atomic mass is 9.99. The third-order valence-electron chi connectivity index (χ3n) is 17.3. The van der Waals surface area contributed by atoms with Crippen LogP contribution in [0, 0.1) is 23.7 Å². The second kappa shape index (κ2) is 61.6. The number of hydrogen-bond acceptors (Lipinski definition) is 15. The Labute approximate surface area is 556 Å². The summed E-state index contributed by atoms with van der Waals surface area (Å²) >= 11 is 0. The van der Waals surface area contributed by atoms with Crippen molar-refractivity contribution >= 4 is 39.5 Å². The second-order valence-corrected chi connectivity index (χ2v) is 30.3. The van der Waals surface area contributed by atoms with Crippen LogP contribution in [0.15, 0.2) is 0 Å². The van der Waals surface area contributed by atoms with Gasteiger partial charge in [-0.1, -0.05) is 306 Å². The number of carbonyl (C=O) groups excluding carboxylic acids is 4. The third-order valence-corrected chi connectivity index (χ3v) is 19.2. The summed E-state index contributed by atoms with van der Waals surface area (Å²) in [5, 5.41) is 10.6. The van der Waals surface area contributed by atoms with Gasteiger partial charge in [0.15, 0.2) is 12.2 Å². The van der Waals surface area contributed by atoms with Crippen LogP contribution in [0.5, 0.6) is 0 Å². The Morgan fingerprint density at radius 2 is 0.527 bits per heavy atom. The lowest BCUT2D eigenvalue weighted by molar-refractivity contribution is -0.161. The monoisotopic (exact) mass is 1340 g/mol. The molecule has 5 unspecified atom stereocenters. The number of aliphatic hydroxyl groups is 1. The van der Waals surface area contributed by atoms with E-state index in [1.807, 2.05) is 0 Å². The van der Waals surface area contributed by atoms with Gasteiger partial charge in [0.25, 0.3) is 0 Å². The van der Waals surface area contributed by atoms with Gasteiger partial charge >= 0.3 is 39.5 Å². The highest BCUT2D eigenvalue weighted by atomic mass is 31.2. The fraction of sp³-hybridized carbons (Fsp3) is 0.944. The molecule has 0 amide bonds. The third kappa shape index (κ3) is 63.9. The molecule has 0 heterocycles. The van der Waals surface area contributed by atoms with E-state index < -0.39 is 97.5 Å². The minimum atomic E-state index is -4.95. The van der Waals surface area contributed by atoms with Crippen LogP contribution in [0.1, 0.15) is 357 Å². The number of hydrogen-bond donors (Lipinski definition) is 3. The average Bonchev–Trinajstić information content (AvgIpc) is 3.63. The summed E-state index contributed by atoms with van der Waals surface area (Å²) in [6.07, 6.45) is 44.5. The van der Waals surface area contributed by atoms with E-state index in [4.69, 9.17) is 37.0 Å². The van der Waals surface area contributed by atoms with Gasteiger partial charge in [0, 0.05) is 25.7 Å². The van der Waals surface area contributed by atoms with Gasteiger partial charge in [0.05, 0.1) is 26.4 Å². The Morgan fingerprint density at radius 3 is 0.780 bits per heavy atom. The zero-order chi connectivity index (χ0) is 67.5. The van der Waals surface area contributed by atoms with Crippen molar-refractivity contribution in [1.82, 2.24) is 0 Å². The summed E-state index contributed by atoms with van der Waals surface area (Å²) in [4.78, 5) is 72.6. The molecule has 0 aliphatic carbocycles. The van der Waals surface area contributed by atoms with E-state index in [1.165, 1.54) is 161 Å². The SMILES string of the molecule is CCC(C)CCCCCCCCCCCCCCCCC(=O)O[C@H](COC(=O)CCCCCCCCCCCC(C)C)COP(=O)(O)OCC(O)COP(=O)(O)OC[C@@H](COC(=O)CCCCCCCCCCC(C)C)OC(=O)CCCCCCCCC(C)CC. The Kier molecular flexibility index (Phi) is 60.3. The number of carbonyl (C=O) groups is 4. The quantitative estimate of drug-likeness (QED) is 0.0222. The first kappa shape index (κ1) is 89.1. The molecule has 17 nitrogen and oxygen atoms in total. The van der Waals surface area contributed by atoms with Gasteiger partial charge in [-0.15, -0.1) is 0 Å². The number of phosphoric ester groups is 2. The zero-order valence-corrected chi connectivity index (χ0v) is 61.3. The van der Waals surface area contributed by atoms with Crippen LogP contribution in [-0.2, 0) is 65.4 Å². The molecule has 0 aromatic carbocycles. The maximum Gasteiger partial charge on any atom is 0.472 e. The molecule has 19 heteroatoms. The Hall–Kier alpha value is -1.94. The summed E-state index contributed by atoms with van der Waals surface area (Å²) in [6.45, 7) is 14.1. The molecule has 0 spiro atoms. The van der Waals surface area contributed by atoms with Crippen LogP contribution < -0.4 is 0 Å². The van der Waals surface area contributed by atoms with Crippen LogP contribution in [0.2, 0.25) is 0 Å². The van der Waals surface area contributed by atoms with Gasteiger partial charge in [-0.2, -0.15) is 0 Å². The van der Waals surface area contributed by atoms with Crippen molar-refractivity contribution in [2.45, 2.75) is 375 Å². The van der Waals surface area contributed by atoms with Crippen molar-refractivity contribution in [1.29, 1.82) is 0 Å². The Balaban J connectivity index is 5.24. The normalized spacial score (nSPS) is 14.8. The Morgan fingerprint density at radius 1 is 0.308 bits per heavy atom. The second-order valence-electron chi connectivity index (χ2n) is 27.4. The number of unbranched alkanes of at least 4 members (excludes halogenated alkanes) is 33. The van der Waals surface area contributed by atoms with E-state index >= 15 is 0 Å². The van der Waals surface area contributed by atoms with Gasteiger partial charge in [0.2, 0.25) is 0 Å². The number of phosphoric acid groups is 2. The molecule has 7 atom stereocenters. The van der Waals surface area contributed by atoms with E-state index in [-0.39, 0.29) is 25.7 Å². The standard InChI is InChI=1S/C72H140O17P2/c1-9-64(7)50-42-34-26-19-15-13-11-12-14-16-20-29-38-46-54-71(76)88-67(58-82-69(74)52-44-36-27-21-17-18-24-32-40-48-62(3)4)60-86-90(78,79)84-56-66(73)57-85-91(80,81)87-61-68(89-72(77)55-47-39-31-30-35-43-51-65(8)10-2)59-83-70(75)53-45-37-28-23-22-25-33-41-49-63(5)6/h62-68,73H,9-61H2,1-8H3,(H,78,79)(H,80,81)/t64?,65?,66?,67-,68-/m1/s1. The summed E-state index contributed by atoms with van der Waals surface area (Å²) in [5.41, 5.74) is 0. The molecule has 0 fully saturated rings. The predicted octanol–water partition coefficient (Wildman–Crippen LogP) is 20.5. The minimum Gasteiger partial charge on any atom is -0.462 e. The van der Waals surface area contributed by atoms with E-state index in [9.17, 15) is 43.2 Å². The van der Waals surface area contributed by atoms with Crippen molar-refractivity contribution in [2.24, 2.45) is 23.7 Å². The lowest BCUT2D eigenvalue weighted by Gasteiger charge is -2.21. The average molecular weight is 1340 g/mol. The van der Waals surface area contributed by atoms with Gasteiger partial charge in [0.1, 0.15) is 19.3 Å². The fourth-order valence-corrected chi connectivity index (χ4v) is 12.4. The van der Waals surface area contributed by atoms with Gasteiger partial charge in [-0.3, -0.25) is 37.3 Å². The van der Waals surface area contributed by atoms with E-state index in [0.29, 0.717) is 25.7 Å². The number of aliphatic hydroxyl groups excluding tert-OH is 1. The van der Waals surface area contributed by atoms with Crippen molar-refractivity contribution < 1.29 is 80.2 Å². The topological polar surface area (TPSA) is 237 Å². The van der Waals surface area contributed by atoms with Crippen molar-refractivity contribution in [3.63, 3.8) is 0 Å². The first-order chi connectivity index (χ1) is 43.7. The molecule has 0 radical (unpaired) electrons. The molecule has 540 valence electrons. The summed E-state index contributed by atoms with van der Waals surface area (Å²) in [6, 6.07) is 0. The minimum absolute atomic E-state index is 0.102. The van der Waals surface area contributed by atoms with Crippen LogP contribution in [0.25, 0.3) is 0 Å². The molecule has 0 rings (SSSR count). The highest BCUT2D eigenvalue weighted by Crippen LogP contribution is 2.45. The van der Waals surface area contributed by atoms with Crippen LogP contribution in [0.4, 0.5) is 0 Å². The molecule has 0 saturated heterocycles. The number of rotatable bonds is 69. The smallest absolute Gasteiger partial charge is 0.462 e. The van der Waals surface area contributed by atoms with Gasteiger partial charge in [-0.05, 0) is 49.4 Å². The maximum atomic E-state index is 13.0. The van der Waals surface area contributed by atoms with Crippen molar-refractivity contribution in [2.75, 3.05) is 39.6 Å². The highest BCUT2D eigenvalue weighted by molar-refractivity contribution is 7.47. The first-order valence-corrected chi connectivity index (χ1v) is 40.3. The molecular formula is C72H140O17P2. The van der Waals surface area contributed by atoms with Crippen molar-refractivity contribution in [3.05, 3.63) is 0 Å². The van der Waals surface area contributed by atoms with E-state index in [2.05, 4.69) is 55.4 Å². The fourth-order valence-electron chi connectivity index (χ4n) is 10.8. The Bertz CT molecular complexity index is 1800. The molecule has 0 aliphatic heterocycles. The largest absolute Gasteiger partial charge is 0.472 e. The van der Waals surface area contributed by atoms with Crippen LogP contribution in [0.3, 0.4) is 0 Å². The van der Waals surface area contributed by atoms with E-state index in [0.717, 1.165) is 114 Å². The van der Waals surface area contributed by atoms with E-state index in [1.54, 1.807) is 0 Å². The van der Waals surface area contributed by atoms with Crippen LogP contribution in [-0.4, -0.2) is 96.7 Å². The predicted molar refractivity (Wildman–Crippen MR) is 367 cm³/mol. The van der Waals surface area contributed by atoms with Gasteiger partial charge < -0.3 is 33.8 Å². The number of ether oxygens (including phenoxy) is 4. The molecule has 0 aromatic rings. The molecule has 0 bridgehead atoms. The van der Waals surface area contributed by atoms with Crippen molar-refractivity contribution in [3.8, 4) is 0 Å². The molecule has 91 heavy (non-hydrogen) atoms. The number of esters is 4. The van der Waals surface area contributed by atoms with Crippen LogP contribution >= 0.6 is 15.6 Å². The lowest BCUT2D eigenvalue weighted by Crippen LogP contribution is -2.30. The first-order valence-electron chi connectivity index (χ1n) is 37.3. The summed E-state index contributed by atoms with van der Waals surface area (Å²) in [5.74, 6) is 0.906. The molecule has 0 aromatic heterocycles.